The van der Waals surface area contributed by atoms with Crippen molar-refractivity contribution >= 4 is 17.5 Å². The lowest BCUT2D eigenvalue weighted by Gasteiger charge is -2.18. The molecule has 0 spiro atoms. The van der Waals surface area contributed by atoms with Crippen molar-refractivity contribution in [2.45, 2.75) is 25.0 Å². The molecule has 158 valence electrons. The normalized spacial score (nSPS) is 12.9. The zero-order valence-corrected chi connectivity index (χ0v) is 17.7. The van der Waals surface area contributed by atoms with E-state index in [-0.39, 0.29) is 11.5 Å². The molecule has 0 radical (unpaired) electrons. The number of aryl methyl sites for hydroxylation is 1. The molecule has 30 heavy (non-hydrogen) atoms. The van der Waals surface area contributed by atoms with Gasteiger partial charge < -0.3 is 23.2 Å². The fraction of sp³-hybridized carbons (Fsp3) is 0.381. The van der Waals surface area contributed by atoms with Crippen LogP contribution in [0, 0.1) is 6.92 Å². The molecule has 0 unspecified atom stereocenters. The van der Waals surface area contributed by atoms with Crippen molar-refractivity contribution in [2.24, 2.45) is 0 Å². The van der Waals surface area contributed by atoms with E-state index in [0.29, 0.717) is 48.6 Å². The number of furan rings is 1. The molecular weight excluding hydrogens is 406 g/mol. The lowest BCUT2D eigenvalue weighted by Crippen LogP contribution is -2.16. The number of thioether (sulfide) groups is 1. The average Bonchev–Trinajstić information content (AvgIpc) is 3.37. The summed E-state index contributed by atoms with van der Waals surface area (Å²) >= 11 is 1.37. The van der Waals surface area contributed by atoms with E-state index >= 15 is 0 Å². The Morgan fingerprint density at radius 1 is 1.20 bits per heavy atom. The number of rotatable bonds is 9. The Morgan fingerprint density at radius 3 is 2.80 bits per heavy atom. The Labute approximate surface area is 178 Å². The highest BCUT2D eigenvalue weighted by Gasteiger charge is 2.20. The molecule has 1 aliphatic rings. The fourth-order valence-electron chi connectivity index (χ4n) is 3.21. The summed E-state index contributed by atoms with van der Waals surface area (Å²) in [7, 11) is 1.68. The predicted molar refractivity (Wildman–Crippen MR) is 111 cm³/mol. The zero-order valence-electron chi connectivity index (χ0n) is 16.9. The second-order valence-corrected chi connectivity index (χ2v) is 7.71. The number of ether oxygens (including phenoxy) is 3. The monoisotopic (exact) mass is 429 g/mol. The summed E-state index contributed by atoms with van der Waals surface area (Å²) in [6.45, 7) is 4.21. The van der Waals surface area contributed by atoms with Crippen LogP contribution < -0.4 is 9.47 Å². The molecule has 3 aromatic rings. The van der Waals surface area contributed by atoms with Gasteiger partial charge in [-0.1, -0.05) is 11.8 Å². The van der Waals surface area contributed by atoms with Gasteiger partial charge in [-0.3, -0.25) is 4.79 Å². The van der Waals surface area contributed by atoms with E-state index in [1.165, 1.54) is 11.8 Å². The molecule has 0 N–H and O–H groups in total. The molecule has 1 aromatic carbocycles. The van der Waals surface area contributed by atoms with E-state index in [9.17, 15) is 4.79 Å². The highest BCUT2D eigenvalue weighted by molar-refractivity contribution is 7.99. The quantitative estimate of drug-likeness (QED) is 0.289. The number of fused-ring (bicyclic) bond motifs is 1. The predicted octanol–water partition coefficient (Wildman–Crippen LogP) is 3.63. The van der Waals surface area contributed by atoms with Crippen LogP contribution in [0.15, 0.2) is 40.1 Å². The van der Waals surface area contributed by atoms with Gasteiger partial charge in [0.1, 0.15) is 19.0 Å². The fourth-order valence-corrected chi connectivity index (χ4v) is 4.07. The first-order valence-corrected chi connectivity index (χ1v) is 10.7. The van der Waals surface area contributed by atoms with E-state index in [4.69, 9.17) is 18.6 Å². The number of methoxy groups -OCH3 is 1. The Morgan fingerprint density at radius 2 is 2.03 bits per heavy atom. The summed E-state index contributed by atoms with van der Waals surface area (Å²) in [6.07, 6.45) is 2.44. The van der Waals surface area contributed by atoms with Crippen LogP contribution in [0.5, 0.6) is 11.5 Å². The smallest absolute Gasteiger partial charge is 0.191 e. The number of aromatic nitrogens is 3. The van der Waals surface area contributed by atoms with Crippen LogP contribution in [-0.2, 0) is 11.3 Å². The lowest BCUT2D eigenvalue weighted by molar-refractivity contribution is 0.102. The largest absolute Gasteiger partial charge is 0.486 e. The van der Waals surface area contributed by atoms with Gasteiger partial charge in [-0.15, -0.1) is 10.2 Å². The third-order valence-electron chi connectivity index (χ3n) is 4.74. The van der Waals surface area contributed by atoms with Gasteiger partial charge in [0.05, 0.1) is 17.6 Å². The first kappa shape index (κ1) is 20.5. The van der Waals surface area contributed by atoms with Gasteiger partial charge in [0.2, 0.25) is 0 Å². The molecule has 0 saturated carbocycles. The van der Waals surface area contributed by atoms with E-state index in [1.807, 2.05) is 17.6 Å². The van der Waals surface area contributed by atoms with Crippen molar-refractivity contribution in [3.63, 3.8) is 0 Å². The second-order valence-electron chi connectivity index (χ2n) is 6.76. The van der Waals surface area contributed by atoms with Gasteiger partial charge >= 0.3 is 0 Å². The molecule has 2 aromatic heterocycles. The number of carbonyl (C=O) groups excluding carboxylic acids is 1. The number of carbonyl (C=O) groups is 1. The minimum atomic E-state index is -0.00976. The van der Waals surface area contributed by atoms with Crippen LogP contribution in [0.4, 0.5) is 0 Å². The van der Waals surface area contributed by atoms with Gasteiger partial charge in [-0.2, -0.15) is 0 Å². The summed E-state index contributed by atoms with van der Waals surface area (Å²) in [6, 6.07) is 7.15. The Kier molecular flexibility index (Phi) is 6.39. The van der Waals surface area contributed by atoms with E-state index < -0.39 is 0 Å². The first-order chi connectivity index (χ1) is 14.7. The minimum absolute atomic E-state index is 0.00976. The van der Waals surface area contributed by atoms with Crippen LogP contribution in [0.2, 0.25) is 0 Å². The number of nitrogens with zero attached hydrogens (tertiary/aromatic N) is 3. The molecule has 8 nitrogen and oxygen atoms in total. The Balaban J connectivity index is 1.50. The SMILES string of the molecule is COCCCn1c(SCC(=O)c2ccc3c(c2)OCCO3)nnc1-c1ccoc1C. The maximum absolute atomic E-state index is 12.8. The summed E-state index contributed by atoms with van der Waals surface area (Å²) < 4.78 is 23.7. The lowest BCUT2D eigenvalue weighted by atomic mass is 10.1. The summed E-state index contributed by atoms with van der Waals surface area (Å²) in [4.78, 5) is 12.8. The molecule has 0 saturated heterocycles. The third-order valence-corrected chi connectivity index (χ3v) is 5.71. The number of Topliss-reactive ketones (excluding diaryl/α,β-unsaturated/α-hetero) is 1. The number of hydrogen-bond acceptors (Lipinski definition) is 8. The molecule has 0 aliphatic carbocycles. The Hall–Kier alpha value is -2.78. The van der Waals surface area contributed by atoms with Crippen molar-refractivity contribution in [2.75, 3.05) is 32.7 Å². The standard InChI is InChI=1S/C21H23N3O5S/c1-14-16(6-9-27-14)20-22-23-21(24(20)7-3-8-26-2)30-13-17(25)15-4-5-18-19(12-15)29-11-10-28-18/h4-6,9,12H,3,7-8,10-11,13H2,1-2H3. The van der Waals surface area contributed by atoms with Crippen molar-refractivity contribution in [1.29, 1.82) is 0 Å². The molecular formula is C21H23N3O5S. The highest BCUT2D eigenvalue weighted by atomic mass is 32.2. The highest BCUT2D eigenvalue weighted by Crippen LogP contribution is 2.32. The van der Waals surface area contributed by atoms with Crippen molar-refractivity contribution in [3.8, 4) is 22.9 Å². The zero-order chi connectivity index (χ0) is 20.9. The molecule has 0 fully saturated rings. The van der Waals surface area contributed by atoms with Crippen LogP contribution >= 0.6 is 11.8 Å². The maximum Gasteiger partial charge on any atom is 0.191 e. The van der Waals surface area contributed by atoms with Crippen LogP contribution in [-0.4, -0.2) is 53.2 Å². The average molecular weight is 429 g/mol. The van der Waals surface area contributed by atoms with Crippen molar-refractivity contribution < 1.29 is 23.4 Å². The van der Waals surface area contributed by atoms with Gasteiger partial charge in [0, 0.05) is 25.8 Å². The minimum Gasteiger partial charge on any atom is -0.486 e. The van der Waals surface area contributed by atoms with Crippen molar-refractivity contribution in [1.82, 2.24) is 14.8 Å². The van der Waals surface area contributed by atoms with E-state index in [2.05, 4.69) is 10.2 Å². The topological polar surface area (TPSA) is 88.6 Å². The third kappa shape index (κ3) is 4.36. The second kappa shape index (κ2) is 9.36. The van der Waals surface area contributed by atoms with Crippen LogP contribution in [0.1, 0.15) is 22.5 Å². The van der Waals surface area contributed by atoms with Crippen LogP contribution in [0.3, 0.4) is 0 Å². The van der Waals surface area contributed by atoms with Gasteiger partial charge in [0.25, 0.3) is 0 Å². The van der Waals surface area contributed by atoms with E-state index in [0.717, 1.165) is 23.6 Å². The number of benzene rings is 1. The van der Waals surface area contributed by atoms with Gasteiger partial charge in [-0.05, 0) is 37.6 Å². The van der Waals surface area contributed by atoms with Gasteiger partial charge in [-0.25, -0.2) is 0 Å². The number of hydrogen-bond donors (Lipinski definition) is 0. The van der Waals surface area contributed by atoms with Crippen molar-refractivity contribution in [3.05, 3.63) is 41.9 Å². The molecule has 0 amide bonds. The van der Waals surface area contributed by atoms with Gasteiger partial charge in [0.15, 0.2) is 28.3 Å². The summed E-state index contributed by atoms with van der Waals surface area (Å²) in [5.41, 5.74) is 1.48. The molecule has 3 heterocycles. The maximum atomic E-state index is 12.8. The Bertz CT molecular complexity index is 1030. The van der Waals surface area contributed by atoms with Crippen LogP contribution in [0.25, 0.3) is 11.4 Å². The molecule has 0 atom stereocenters. The summed E-state index contributed by atoms with van der Waals surface area (Å²) in [5.74, 6) is 3.02. The molecule has 4 rings (SSSR count). The number of ketones is 1. The molecule has 1 aliphatic heterocycles. The molecule has 9 heteroatoms. The first-order valence-electron chi connectivity index (χ1n) is 9.69. The summed E-state index contributed by atoms with van der Waals surface area (Å²) in [5, 5.41) is 9.36. The van der Waals surface area contributed by atoms with E-state index in [1.54, 1.807) is 31.6 Å². The molecule has 0 bridgehead atoms.